The second-order valence-electron chi connectivity index (χ2n) is 5.06. The van der Waals surface area contributed by atoms with E-state index in [4.69, 9.17) is 11.6 Å². The van der Waals surface area contributed by atoms with Crippen LogP contribution in [-0.2, 0) is 7.05 Å². The van der Waals surface area contributed by atoms with Gasteiger partial charge in [0, 0.05) is 17.6 Å². The minimum Gasteiger partial charge on any atom is -0.394 e. The van der Waals surface area contributed by atoms with Gasteiger partial charge in [0.25, 0.3) is 0 Å². The predicted molar refractivity (Wildman–Crippen MR) is 93.4 cm³/mol. The second-order valence-corrected chi connectivity index (χ2v) is 6.45. The van der Waals surface area contributed by atoms with Crippen molar-refractivity contribution in [1.82, 2.24) is 9.78 Å². The van der Waals surface area contributed by atoms with Crippen LogP contribution in [0.3, 0.4) is 0 Å². The number of benzene rings is 2. The number of aryl methyl sites for hydroxylation is 1. The Morgan fingerprint density at radius 3 is 2.52 bits per heavy atom. The lowest BCUT2D eigenvalue weighted by Crippen LogP contribution is -2.15. The Kier molecular flexibility index (Phi) is 4.91. The van der Waals surface area contributed by atoms with E-state index in [1.165, 1.54) is 11.3 Å². The summed E-state index contributed by atoms with van der Waals surface area (Å²) in [5.74, 6) is 0. The molecule has 6 heteroatoms. The Labute approximate surface area is 143 Å². The van der Waals surface area contributed by atoms with E-state index >= 15 is 0 Å². The van der Waals surface area contributed by atoms with E-state index in [0.29, 0.717) is 5.02 Å². The number of aliphatic hydroxyl groups excluding tert-OH is 1. The number of hydrogen-bond donors (Lipinski definition) is 1. The molecular formula is C17H16ClN3OS. The predicted octanol–water partition coefficient (Wildman–Crippen LogP) is 3.44. The summed E-state index contributed by atoms with van der Waals surface area (Å²) in [6, 6.07) is 17.0. The van der Waals surface area contributed by atoms with Crippen molar-refractivity contribution in [3.8, 4) is 10.6 Å². The number of halogens is 1. The highest BCUT2D eigenvalue weighted by Gasteiger charge is 2.10. The fraction of sp³-hybridized carbons (Fsp3) is 0.176. The van der Waals surface area contributed by atoms with Crippen molar-refractivity contribution in [2.75, 3.05) is 6.61 Å². The topological polar surface area (TPSA) is 50.4 Å². The third-order valence-electron chi connectivity index (χ3n) is 3.42. The van der Waals surface area contributed by atoms with Crippen LogP contribution in [0, 0.1) is 0 Å². The van der Waals surface area contributed by atoms with E-state index in [2.05, 4.69) is 10.1 Å². The number of aromatic nitrogens is 2. The summed E-state index contributed by atoms with van der Waals surface area (Å²) in [5, 5.41) is 15.7. The van der Waals surface area contributed by atoms with Gasteiger partial charge in [-0.25, -0.2) is 9.67 Å². The molecule has 0 saturated heterocycles. The Morgan fingerprint density at radius 2 is 1.87 bits per heavy atom. The van der Waals surface area contributed by atoms with Gasteiger partial charge < -0.3 is 5.11 Å². The van der Waals surface area contributed by atoms with E-state index in [0.717, 1.165) is 20.9 Å². The molecule has 0 amide bonds. The van der Waals surface area contributed by atoms with E-state index in [-0.39, 0.29) is 12.6 Å². The molecule has 0 radical (unpaired) electrons. The van der Waals surface area contributed by atoms with E-state index in [1.807, 2.05) is 61.6 Å². The lowest BCUT2D eigenvalue weighted by molar-refractivity contribution is 0.266. The Morgan fingerprint density at radius 1 is 1.17 bits per heavy atom. The van der Waals surface area contributed by atoms with Crippen LogP contribution < -0.4 is 4.80 Å². The quantitative estimate of drug-likeness (QED) is 0.787. The van der Waals surface area contributed by atoms with Crippen LogP contribution in [0.2, 0.25) is 5.02 Å². The minimum atomic E-state index is -0.291. The standard InChI is InChI=1S/C17H16ClN3OS/c1-21-17(19-15(11-22)12-5-3-2-4-6-12)23-16(20-21)13-7-9-14(18)10-8-13/h2-10,15,22H,11H2,1H3. The smallest absolute Gasteiger partial charge is 0.203 e. The first-order valence-electron chi connectivity index (χ1n) is 7.17. The summed E-state index contributed by atoms with van der Waals surface area (Å²) >= 11 is 7.41. The first-order chi connectivity index (χ1) is 11.2. The van der Waals surface area contributed by atoms with Gasteiger partial charge in [0.1, 0.15) is 11.0 Å². The summed E-state index contributed by atoms with van der Waals surface area (Å²) in [7, 11) is 1.86. The van der Waals surface area contributed by atoms with Gasteiger partial charge >= 0.3 is 0 Å². The van der Waals surface area contributed by atoms with Crippen molar-refractivity contribution >= 4 is 22.9 Å². The fourth-order valence-corrected chi connectivity index (χ4v) is 3.27. The molecule has 1 heterocycles. The summed E-state index contributed by atoms with van der Waals surface area (Å²) in [4.78, 5) is 5.42. The monoisotopic (exact) mass is 345 g/mol. The molecule has 1 aromatic heterocycles. The molecule has 4 nitrogen and oxygen atoms in total. The Bertz CT molecular complexity index is 840. The highest BCUT2D eigenvalue weighted by Crippen LogP contribution is 2.22. The molecule has 23 heavy (non-hydrogen) atoms. The zero-order valence-electron chi connectivity index (χ0n) is 12.6. The maximum absolute atomic E-state index is 9.65. The third kappa shape index (κ3) is 3.69. The molecule has 0 aliphatic heterocycles. The van der Waals surface area contributed by atoms with Crippen molar-refractivity contribution in [2.24, 2.45) is 12.0 Å². The number of nitrogens with zero attached hydrogens (tertiary/aromatic N) is 3. The Hall–Kier alpha value is -1.95. The van der Waals surface area contributed by atoms with Gasteiger partial charge in [0.15, 0.2) is 0 Å². The molecule has 1 unspecified atom stereocenters. The highest BCUT2D eigenvalue weighted by molar-refractivity contribution is 7.12. The van der Waals surface area contributed by atoms with Crippen molar-refractivity contribution < 1.29 is 5.11 Å². The Balaban J connectivity index is 1.98. The van der Waals surface area contributed by atoms with Crippen molar-refractivity contribution in [2.45, 2.75) is 6.04 Å². The van der Waals surface area contributed by atoms with E-state index in [1.54, 1.807) is 4.68 Å². The van der Waals surface area contributed by atoms with Crippen molar-refractivity contribution in [3.05, 3.63) is 70.0 Å². The molecule has 0 fully saturated rings. The van der Waals surface area contributed by atoms with Gasteiger partial charge in [0.05, 0.1) is 6.61 Å². The van der Waals surface area contributed by atoms with Gasteiger partial charge in [-0.1, -0.05) is 65.4 Å². The molecule has 0 saturated carbocycles. The minimum absolute atomic E-state index is 0.0435. The molecule has 3 aromatic rings. The third-order valence-corrected chi connectivity index (χ3v) is 4.74. The molecule has 118 valence electrons. The average molecular weight is 346 g/mol. The second kappa shape index (κ2) is 7.08. The van der Waals surface area contributed by atoms with Gasteiger partial charge in [0.2, 0.25) is 4.80 Å². The maximum atomic E-state index is 9.65. The van der Waals surface area contributed by atoms with Crippen LogP contribution in [0.5, 0.6) is 0 Å². The molecule has 0 bridgehead atoms. The van der Waals surface area contributed by atoms with Crippen molar-refractivity contribution in [3.63, 3.8) is 0 Å². The highest BCUT2D eigenvalue weighted by atomic mass is 35.5. The lowest BCUT2D eigenvalue weighted by atomic mass is 10.1. The molecule has 0 aliphatic rings. The number of rotatable bonds is 4. The molecular weight excluding hydrogens is 330 g/mol. The summed E-state index contributed by atoms with van der Waals surface area (Å²) in [5.41, 5.74) is 1.98. The van der Waals surface area contributed by atoms with Crippen molar-refractivity contribution in [1.29, 1.82) is 0 Å². The zero-order chi connectivity index (χ0) is 16.2. The first kappa shape index (κ1) is 15.9. The van der Waals surface area contributed by atoms with Gasteiger partial charge in [-0.3, -0.25) is 0 Å². The van der Waals surface area contributed by atoms with Gasteiger partial charge in [-0.05, 0) is 17.7 Å². The molecule has 2 aromatic carbocycles. The summed E-state index contributed by atoms with van der Waals surface area (Å²) in [6.07, 6.45) is 0. The first-order valence-corrected chi connectivity index (χ1v) is 8.36. The SMILES string of the molecule is Cn1nc(-c2ccc(Cl)cc2)sc1=NC(CO)c1ccccc1. The lowest BCUT2D eigenvalue weighted by Gasteiger charge is -2.08. The van der Waals surface area contributed by atoms with Gasteiger partial charge in [-0.2, -0.15) is 5.10 Å². The largest absolute Gasteiger partial charge is 0.394 e. The average Bonchev–Trinajstić information content (AvgIpc) is 2.95. The molecule has 3 rings (SSSR count). The van der Waals surface area contributed by atoms with Gasteiger partial charge in [-0.15, -0.1) is 0 Å². The maximum Gasteiger partial charge on any atom is 0.203 e. The molecule has 0 aliphatic carbocycles. The number of aliphatic hydroxyl groups is 1. The number of hydrogen-bond acceptors (Lipinski definition) is 4. The zero-order valence-corrected chi connectivity index (χ0v) is 14.1. The van der Waals surface area contributed by atoms with E-state index < -0.39 is 0 Å². The molecule has 1 atom stereocenters. The van der Waals surface area contributed by atoms with E-state index in [9.17, 15) is 5.11 Å². The van der Waals surface area contributed by atoms with Crippen LogP contribution >= 0.6 is 22.9 Å². The van der Waals surface area contributed by atoms with Crippen LogP contribution in [0.25, 0.3) is 10.6 Å². The van der Waals surface area contributed by atoms with Crippen LogP contribution in [0.1, 0.15) is 11.6 Å². The van der Waals surface area contributed by atoms with Crippen LogP contribution in [0.15, 0.2) is 59.6 Å². The fourth-order valence-electron chi connectivity index (χ4n) is 2.20. The molecule has 0 spiro atoms. The van der Waals surface area contributed by atoms with Crippen LogP contribution in [-0.4, -0.2) is 21.5 Å². The normalized spacial score (nSPS) is 13.3. The molecule has 1 N–H and O–H groups in total. The van der Waals surface area contributed by atoms with Crippen LogP contribution in [0.4, 0.5) is 0 Å². The summed E-state index contributed by atoms with van der Waals surface area (Å²) in [6.45, 7) is -0.0435. The summed E-state index contributed by atoms with van der Waals surface area (Å²) < 4.78 is 1.74.